The van der Waals surface area contributed by atoms with Gasteiger partial charge in [-0.05, 0) is 29.8 Å². The van der Waals surface area contributed by atoms with Gasteiger partial charge in [-0.15, -0.1) is 0 Å². The average Bonchev–Trinajstić information content (AvgIpc) is 2.40. The molecule has 0 spiro atoms. The molecule has 0 fully saturated rings. The number of rotatable bonds is 4. The van der Waals surface area contributed by atoms with Gasteiger partial charge in [0.15, 0.2) is 0 Å². The van der Waals surface area contributed by atoms with Gasteiger partial charge in [0.2, 0.25) is 0 Å². The molecule has 0 bridgehead atoms. The Morgan fingerprint density at radius 3 is 2.55 bits per heavy atom. The largest absolute Gasteiger partial charge is 0.380 e. The second kappa shape index (κ2) is 6.43. The molecule has 0 radical (unpaired) electrons. The third-order valence-electron chi connectivity index (χ3n) is 2.64. The summed E-state index contributed by atoms with van der Waals surface area (Å²) in [6.45, 7) is 0.468. The summed E-state index contributed by atoms with van der Waals surface area (Å²) < 4.78 is 0.925. The van der Waals surface area contributed by atoms with Crippen molar-refractivity contribution in [3.05, 3.63) is 66.6 Å². The zero-order valence-electron chi connectivity index (χ0n) is 10.1. The highest BCUT2D eigenvalue weighted by atomic mass is 79.9. The van der Waals surface area contributed by atoms with Gasteiger partial charge in [0.25, 0.3) is 5.69 Å². The van der Waals surface area contributed by atoms with Crippen LogP contribution >= 0.6 is 39.1 Å². The number of halogens is 3. The van der Waals surface area contributed by atoms with Gasteiger partial charge >= 0.3 is 0 Å². The average molecular weight is 376 g/mol. The van der Waals surface area contributed by atoms with Crippen molar-refractivity contribution in [2.75, 3.05) is 5.32 Å². The first-order valence-corrected chi connectivity index (χ1v) is 7.14. The minimum absolute atomic E-state index is 0.0407. The summed E-state index contributed by atoms with van der Waals surface area (Å²) in [7, 11) is 0. The highest BCUT2D eigenvalue weighted by Crippen LogP contribution is 2.28. The number of non-ortho nitro benzene ring substituents is 1. The van der Waals surface area contributed by atoms with Gasteiger partial charge in [-0.3, -0.25) is 10.1 Å². The molecule has 0 saturated heterocycles. The van der Waals surface area contributed by atoms with E-state index < -0.39 is 4.92 Å². The highest BCUT2D eigenvalue weighted by molar-refractivity contribution is 9.10. The van der Waals surface area contributed by atoms with Crippen LogP contribution in [0.3, 0.4) is 0 Å². The molecule has 0 saturated carbocycles. The lowest BCUT2D eigenvalue weighted by atomic mass is 10.2. The van der Waals surface area contributed by atoms with Crippen molar-refractivity contribution in [3.63, 3.8) is 0 Å². The first kappa shape index (κ1) is 15.1. The van der Waals surface area contributed by atoms with E-state index in [1.54, 1.807) is 12.1 Å². The van der Waals surface area contributed by atoms with E-state index in [0.29, 0.717) is 22.3 Å². The molecule has 0 aromatic heterocycles. The Bertz CT molecular complexity index is 665. The number of nitro groups is 1. The molecule has 0 aliphatic carbocycles. The van der Waals surface area contributed by atoms with E-state index in [9.17, 15) is 10.1 Å². The molecule has 2 aromatic rings. The lowest BCUT2D eigenvalue weighted by molar-refractivity contribution is -0.384. The Morgan fingerprint density at radius 1 is 1.15 bits per heavy atom. The van der Waals surface area contributed by atoms with Crippen LogP contribution in [-0.4, -0.2) is 4.92 Å². The Hall–Kier alpha value is -1.30. The molecule has 104 valence electrons. The maximum Gasteiger partial charge on any atom is 0.271 e. The molecule has 0 atom stereocenters. The van der Waals surface area contributed by atoms with Gasteiger partial charge in [-0.2, -0.15) is 0 Å². The fourth-order valence-electron chi connectivity index (χ4n) is 1.63. The van der Waals surface area contributed by atoms with Crippen LogP contribution < -0.4 is 5.32 Å². The van der Waals surface area contributed by atoms with Crippen molar-refractivity contribution >= 4 is 50.5 Å². The van der Waals surface area contributed by atoms with Crippen LogP contribution in [0.15, 0.2) is 40.9 Å². The Labute approximate surface area is 134 Å². The number of anilines is 1. The SMILES string of the molecule is O=[N+]([O-])c1ccc(NCc2cc(Br)ccc2Cl)c(Cl)c1. The van der Waals surface area contributed by atoms with E-state index in [1.807, 2.05) is 12.1 Å². The third kappa shape index (κ3) is 3.62. The molecule has 0 heterocycles. The molecule has 7 heteroatoms. The Kier molecular flexibility index (Phi) is 4.86. The first-order valence-electron chi connectivity index (χ1n) is 5.59. The number of nitrogens with zero attached hydrogens (tertiary/aromatic N) is 1. The summed E-state index contributed by atoms with van der Waals surface area (Å²) in [5.74, 6) is 0. The summed E-state index contributed by atoms with van der Waals surface area (Å²) in [4.78, 5) is 10.1. The van der Waals surface area contributed by atoms with E-state index in [0.717, 1.165) is 10.0 Å². The second-order valence-electron chi connectivity index (χ2n) is 4.01. The number of hydrogen-bond acceptors (Lipinski definition) is 3. The van der Waals surface area contributed by atoms with Gasteiger partial charge < -0.3 is 5.32 Å². The van der Waals surface area contributed by atoms with Crippen molar-refractivity contribution in [2.45, 2.75) is 6.54 Å². The van der Waals surface area contributed by atoms with Crippen molar-refractivity contribution < 1.29 is 4.92 Å². The Balaban J connectivity index is 2.15. The third-order valence-corrected chi connectivity index (χ3v) is 3.82. The molecular weight excluding hydrogens is 367 g/mol. The maximum atomic E-state index is 10.6. The van der Waals surface area contributed by atoms with E-state index >= 15 is 0 Å². The predicted octanol–water partition coefficient (Wildman–Crippen LogP) is 5.28. The fraction of sp³-hybridized carbons (Fsp3) is 0.0769. The molecule has 0 aliphatic rings. The summed E-state index contributed by atoms with van der Waals surface area (Å²) in [6, 6.07) is 9.83. The molecule has 2 aromatic carbocycles. The van der Waals surface area contributed by atoms with Crippen LogP contribution in [0.4, 0.5) is 11.4 Å². The lowest BCUT2D eigenvalue weighted by Crippen LogP contribution is -2.01. The number of hydrogen-bond donors (Lipinski definition) is 1. The monoisotopic (exact) mass is 374 g/mol. The van der Waals surface area contributed by atoms with Crippen LogP contribution in [0, 0.1) is 10.1 Å². The van der Waals surface area contributed by atoms with Gasteiger partial charge in [0.05, 0.1) is 15.6 Å². The maximum absolute atomic E-state index is 10.6. The van der Waals surface area contributed by atoms with E-state index in [1.165, 1.54) is 12.1 Å². The van der Waals surface area contributed by atoms with Crippen LogP contribution in [0.1, 0.15) is 5.56 Å². The smallest absolute Gasteiger partial charge is 0.271 e. The fourth-order valence-corrected chi connectivity index (χ4v) is 2.46. The molecule has 2 rings (SSSR count). The van der Waals surface area contributed by atoms with Crippen molar-refractivity contribution in [1.29, 1.82) is 0 Å². The first-order chi connectivity index (χ1) is 9.47. The van der Waals surface area contributed by atoms with Gasteiger partial charge in [0.1, 0.15) is 0 Å². The molecule has 1 N–H and O–H groups in total. The quantitative estimate of drug-likeness (QED) is 0.584. The highest BCUT2D eigenvalue weighted by Gasteiger charge is 2.09. The normalized spacial score (nSPS) is 10.3. The Morgan fingerprint density at radius 2 is 1.90 bits per heavy atom. The molecule has 4 nitrogen and oxygen atoms in total. The molecule has 0 unspecified atom stereocenters. The number of nitrogens with one attached hydrogen (secondary N) is 1. The number of nitro benzene ring substituents is 1. The summed E-state index contributed by atoms with van der Waals surface area (Å²) in [5.41, 5.74) is 1.48. The lowest BCUT2D eigenvalue weighted by Gasteiger charge is -2.10. The summed E-state index contributed by atoms with van der Waals surface area (Å²) in [5, 5.41) is 14.7. The van der Waals surface area contributed by atoms with Crippen molar-refractivity contribution in [3.8, 4) is 0 Å². The molecule has 0 amide bonds. The number of benzene rings is 2. The van der Waals surface area contributed by atoms with Crippen LogP contribution in [0.25, 0.3) is 0 Å². The van der Waals surface area contributed by atoms with Crippen molar-refractivity contribution in [2.24, 2.45) is 0 Å². The zero-order valence-corrected chi connectivity index (χ0v) is 13.2. The minimum Gasteiger partial charge on any atom is -0.380 e. The molecule has 20 heavy (non-hydrogen) atoms. The van der Waals surface area contributed by atoms with Gasteiger partial charge in [-0.1, -0.05) is 39.1 Å². The van der Waals surface area contributed by atoms with E-state index in [4.69, 9.17) is 23.2 Å². The zero-order chi connectivity index (χ0) is 14.7. The van der Waals surface area contributed by atoms with Crippen LogP contribution in [0.5, 0.6) is 0 Å². The van der Waals surface area contributed by atoms with Crippen LogP contribution in [0.2, 0.25) is 10.0 Å². The topological polar surface area (TPSA) is 55.2 Å². The summed E-state index contributed by atoms with van der Waals surface area (Å²) in [6.07, 6.45) is 0. The van der Waals surface area contributed by atoms with Gasteiger partial charge in [-0.25, -0.2) is 0 Å². The van der Waals surface area contributed by atoms with Crippen LogP contribution in [-0.2, 0) is 6.54 Å². The predicted molar refractivity (Wildman–Crippen MR) is 84.6 cm³/mol. The van der Waals surface area contributed by atoms with Gasteiger partial charge in [0, 0.05) is 28.2 Å². The summed E-state index contributed by atoms with van der Waals surface area (Å²) >= 11 is 15.5. The molecular formula is C13H9BrCl2N2O2. The minimum atomic E-state index is -0.485. The van der Waals surface area contributed by atoms with E-state index in [2.05, 4.69) is 21.2 Å². The van der Waals surface area contributed by atoms with E-state index in [-0.39, 0.29) is 5.69 Å². The van der Waals surface area contributed by atoms with Crippen molar-refractivity contribution in [1.82, 2.24) is 0 Å². The second-order valence-corrected chi connectivity index (χ2v) is 5.74. The molecule has 0 aliphatic heterocycles. The standard InChI is InChI=1S/C13H9BrCl2N2O2/c14-9-1-3-11(15)8(5-9)7-17-13-4-2-10(18(19)20)6-12(13)16/h1-6,17H,7H2.